The molecule has 1 aromatic carbocycles. The summed E-state index contributed by atoms with van der Waals surface area (Å²) in [5.74, 6) is 0. The summed E-state index contributed by atoms with van der Waals surface area (Å²) < 4.78 is -0.752. The Hall–Kier alpha value is -0.808. The fraction of sp³-hybridized carbons (Fsp3) is 0.167. The molecule has 2 heteroatoms. The number of rotatable bonds is 1. The van der Waals surface area contributed by atoms with E-state index in [1.807, 2.05) is 30.4 Å². The van der Waals surface area contributed by atoms with E-state index in [0.29, 0.717) is 6.42 Å². The number of hydrogen-bond acceptors (Lipinski definition) is 1. The molecular weight excluding hydrogens is 187 g/mol. The smallest absolute Gasteiger partial charge is 0.184 e. The minimum atomic E-state index is -0.752. The van der Waals surface area contributed by atoms with Crippen molar-refractivity contribution in [1.82, 2.24) is 0 Å². The van der Waals surface area contributed by atoms with Crippen LogP contribution in [-0.2, 0) is 0 Å². The maximum atomic E-state index is 9.67. The summed E-state index contributed by atoms with van der Waals surface area (Å²) in [5, 5.41) is 9.67. The second-order valence-electron chi connectivity index (χ2n) is 3.55. The van der Waals surface area contributed by atoms with Crippen LogP contribution in [0.3, 0.4) is 0 Å². The molecule has 0 saturated carbocycles. The average molecular weight is 198 g/mol. The summed E-state index contributed by atoms with van der Waals surface area (Å²) in [5.41, 5.74) is 2.38. The normalized spacial score (nSPS) is 25.9. The lowest BCUT2D eigenvalue weighted by atomic mass is 9.98. The topological polar surface area (TPSA) is 20.2 Å². The van der Waals surface area contributed by atoms with Gasteiger partial charge >= 0.3 is 0 Å². The Balaban J connectivity index is 2.25. The summed E-state index contributed by atoms with van der Waals surface area (Å²) in [4.78, 5) is 0. The molecule has 2 radical (unpaired) electrons. The van der Waals surface area contributed by atoms with E-state index in [1.165, 1.54) is 11.1 Å². The molecule has 2 rings (SSSR count). The highest BCUT2D eigenvalue weighted by Gasteiger charge is 2.16. The average Bonchev–Trinajstić information content (AvgIpc) is 2.19. The Morgan fingerprint density at radius 2 is 1.93 bits per heavy atom. The maximum absolute atomic E-state index is 9.67. The molecule has 0 aromatic heterocycles. The zero-order chi connectivity index (χ0) is 10.0. The minimum absolute atomic E-state index is 0.651. The van der Waals surface area contributed by atoms with Crippen LogP contribution >= 0.6 is 0 Å². The largest absolute Gasteiger partial charge is 0.404 e. The van der Waals surface area contributed by atoms with Gasteiger partial charge in [0.2, 0.25) is 0 Å². The van der Waals surface area contributed by atoms with Crippen molar-refractivity contribution < 1.29 is 5.11 Å². The molecule has 0 amide bonds. The van der Waals surface area contributed by atoms with E-state index in [0.717, 1.165) is 0 Å². The van der Waals surface area contributed by atoms with E-state index in [2.05, 4.69) is 34.5 Å². The van der Waals surface area contributed by atoms with E-state index < -0.39 is 4.46 Å². The van der Waals surface area contributed by atoms with Crippen LogP contribution in [0, 0.1) is 0 Å². The summed E-state index contributed by atoms with van der Waals surface area (Å²) in [7, 11) is 0. The van der Waals surface area contributed by atoms with Crippen molar-refractivity contribution in [2.75, 3.05) is 0 Å². The molecular formula is C12H11AlO. The number of benzene rings is 1. The maximum Gasteiger partial charge on any atom is 0.184 e. The number of hydrogen-bond donors (Lipinski definition) is 1. The molecule has 14 heavy (non-hydrogen) atoms. The predicted molar refractivity (Wildman–Crippen MR) is 58.9 cm³/mol. The molecule has 0 aliphatic heterocycles. The molecule has 1 aliphatic rings. The predicted octanol–water partition coefficient (Wildman–Crippen LogP) is 1.89. The fourth-order valence-corrected chi connectivity index (χ4v) is 1.70. The van der Waals surface area contributed by atoms with Gasteiger partial charge in [-0.3, -0.25) is 0 Å². The van der Waals surface area contributed by atoms with Crippen molar-refractivity contribution in [3.8, 4) is 0 Å². The van der Waals surface area contributed by atoms with Crippen LogP contribution < -0.4 is 0 Å². The monoisotopic (exact) mass is 198 g/mol. The molecule has 1 nitrogen and oxygen atoms in total. The third-order valence-electron chi connectivity index (χ3n) is 2.31. The molecule has 0 heterocycles. The van der Waals surface area contributed by atoms with Gasteiger partial charge in [0.15, 0.2) is 16.3 Å². The lowest BCUT2D eigenvalue weighted by molar-refractivity contribution is 0.181. The molecule has 0 saturated heterocycles. The second kappa shape index (κ2) is 3.75. The van der Waals surface area contributed by atoms with Crippen molar-refractivity contribution in [3.63, 3.8) is 0 Å². The third kappa shape index (κ3) is 2.16. The molecule has 0 fully saturated rings. The Labute approximate surface area is 92.2 Å². The first-order valence-corrected chi connectivity index (χ1v) is 5.21. The van der Waals surface area contributed by atoms with Gasteiger partial charge in [-0.2, -0.15) is 0 Å². The van der Waals surface area contributed by atoms with Gasteiger partial charge in [-0.15, -0.1) is 0 Å². The zero-order valence-corrected chi connectivity index (χ0v) is 9.01. The first-order chi connectivity index (χ1) is 6.67. The van der Waals surface area contributed by atoms with Crippen molar-refractivity contribution in [3.05, 3.63) is 54.1 Å². The summed E-state index contributed by atoms with van der Waals surface area (Å²) in [6, 6.07) is 10.2. The van der Waals surface area contributed by atoms with Crippen molar-refractivity contribution in [2.45, 2.75) is 10.9 Å². The lowest BCUT2D eigenvalue weighted by Crippen LogP contribution is -2.26. The first-order valence-electron chi connectivity index (χ1n) is 4.63. The van der Waals surface area contributed by atoms with Crippen molar-refractivity contribution in [1.29, 1.82) is 0 Å². The van der Waals surface area contributed by atoms with Gasteiger partial charge in [-0.1, -0.05) is 48.6 Å². The lowest BCUT2D eigenvalue weighted by Gasteiger charge is -2.23. The molecule has 1 atom stereocenters. The van der Waals surface area contributed by atoms with E-state index >= 15 is 0 Å². The van der Waals surface area contributed by atoms with Crippen LogP contribution in [-0.4, -0.2) is 25.9 Å². The van der Waals surface area contributed by atoms with E-state index in [1.54, 1.807) is 0 Å². The quantitative estimate of drug-likeness (QED) is 0.683. The first kappa shape index (κ1) is 9.74. The minimum Gasteiger partial charge on any atom is -0.404 e. The van der Waals surface area contributed by atoms with E-state index in [4.69, 9.17) is 0 Å². The highest BCUT2D eigenvalue weighted by molar-refractivity contribution is 6.16. The summed E-state index contributed by atoms with van der Waals surface area (Å²) in [6.45, 7) is 0. The van der Waals surface area contributed by atoms with Gasteiger partial charge in [-0.05, 0) is 17.6 Å². The fourth-order valence-electron chi connectivity index (χ4n) is 1.49. The van der Waals surface area contributed by atoms with Crippen LogP contribution in [0.5, 0.6) is 0 Å². The molecule has 0 bridgehead atoms. The summed E-state index contributed by atoms with van der Waals surface area (Å²) >= 11 is 2.44. The molecule has 68 valence electrons. The van der Waals surface area contributed by atoms with Gasteiger partial charge in [0.05, 0.1) is 0 Å². The molecule has 1 unspecified atom stereocenters. The van der Waals surface area contributed by atoms with Crippen molar-refractivity contribution in [2.24, 2.45) is 0 Å². The molecule has 1 N–H and O–H groups in total. The van der Waals surface area contributed by atoms with Gasteiger partial charge in [-0.25, -0.2) is 0 Å². The number of aliphatic hydroxyl groups is 1. The molecule has 1 aliphatic carbocycles. The Morgan fingerprint density at radius 1 is 1.21 bits per heavy atom. The van der Waals surface area contributed by atoms with Crippen LogP contribution in [0.1, 0.15) is 12.0 Å². The van der Waals surface area contributed by atoms with Gasteiger partial charge in [0, 0.05) is 4.46 Å². The third-order valence-corrected chi connectivity index (χ3v) is 2.74. The van der Waals surface area contributed by atoms with Gasteiger partial charge < -0.3 is 5.11 Å². The second-order valence-corrected chi connectivity index (χ2v) is 4.55. The van der Waals surface area contributed by atoms with Crippen LogP contribution in [0.25, 0.3) is 5.57 Å². The van der Waals surface area contributed by atoms with E-state index in [9.17, 15) is 5.11 Å². The Morgan fingerprint density at radius 3 is 2.50 bits per heavy atom. The van der Waals surface area contributed by atoms with Gasteiger partial charge in [0.1, 0.15) is 0 Å². The molecule has 1 aromatic rings. The standard InChI is InChI=1S/C12H11O.Al/c13-12-8-6-11(7-9-12)10-4-2-1-3-5-10;/h1-8,13H,9H2;. The molecule has 0 spiro atoms. The zero-order valence-electron chi connectivity index (χ0n) is 7.85. The Kier molecular flexibility index (Phi) is 2.61. The SMILES string of the molecule is O[C]1([Al])C=CC(c2ccccc2)=CC1. The summed E-state index contributed by atoms with van der Waals surface area (Å²) in [6.07, 6.45) is 6.49. The van der Waals surface area contributed by atoms with Gasteiger partial charge in [0.25, 0.3) is 0 Å². The highest BCUT2D eigenvalue weighted by Crippen LogP contribution is 2.24. The van der Waals surface area contributed by atoms with Crippen LogP contribution in [0.15, 0.2) is 48.6 Å². The Bertz CT molecular complexity index is 377. The van der Waals surface area contributed by atoms with Crippen LogP contribution in [0.2, 0.25) is 0 Å². The van der Waals surface area contributed by atoms with Crippen molar-refractivity contribution >= 4 is 21.9 Å². The van der Waals surface area contributed by atoms with E-state index in [-0.39, 0.29) is 0 Å². The van der Waals surface area contributed by atoms with Crippen LogP contribution in [0.4, 0.5) is 0 Å². The highest BCUT2D eigenvalue weighted by atomic mass is 27.0. The number of allylic oxidation sites excluding steroid dienone is 2.